The molecule has 2 aliphatic rings. The summed E-state index contributed by atoms with van der Waals surface area (Å²) in [5.41, 5.74) is 5.36. The van der Waals surface area contributed by atoms with Crippen molar-refractivity contribution in [2.24, 2.45) is 5.73 Å². The predicted octanol–water partition coefficient (Wildman–Crippen LogP) is 0.0948. The number of hydrogen-bond acceptors (Lipinski definition) is 4. The summed E-state index contributed by atoms with van der Waals surface area (Å²) in [6.07, 6.45) is 5.40. The normalized spacial score (nSPS) is 30.9. The van der Waals surface area contributed by atoms with Crippen LogP contribution in [0.25, 0.3) is 0 Å². The zero-order valence-corrected chi connectivity index (χ0v) is 11.5. The average Bonchev–Trinajstić information content (AvgIpc) is 2.96. The average molecular weight is 255 g/mol. The van der Waals surface area contributed by atoms with E-state index >= 15 is 0 Å². The number of carbonyl (C=O) groups excluding carboxylic acids is 1. The molecule has 1 aliphatic heterocycles. The molecule has 5 nitrogen and oxygen atoms in total. The summed E-state index contributed by atoms with van der Waals surface area (Å²) in [6, 6.07) is 0. The van der Waals surface area contributed by atoms with Crippen LogP contribution < -0.4 is 11.1 Å². The molecular formula is C13H25N3O2. The number of carbonyl (C=O) groups is 1. The molecule has 1 amide bonds. The van der Waals surface area contributed by atoms with Gasteiger partial charge in [0.25, 0.3) is 0 Å². The molecule has 18 heavy (non-hydrogen) atoms. The van der Waals surface area contributed by atoms with E-state index in [1.54, 1.807) is 0 Å². The van der Waals surface area contributed by atoms with Crippen LogP contribution in [0.15, 0.2) is 0 Å². The number of nitrogens with zero attached hydrogens (tertiary/aromatic N) is 1. The van der Waals surface area contributed by atoms with E-state index in [9.17, 15) is 4.79 Å². The van der Waals surface area contributed by atoms with Gasteiger partial charge in [-0.1, -0.05) is 12.8 Å². The first-order valence-corrected chi connectivity index (χ1v) is 6.81. The molecule has 0 aromatic carbocycles. The minimum atomic E-state index is -0.813. The standard InChI is InChI=1S/C13H25N3O2/c1-16(2)12(5-3-4-6-12)9-15-11(17)13(14)7-8-18-10-13/h3-10,14H2,1-2H3,(H,15,17). The summed E-state index contributed by atoms with van der Waals surface area (Å²) >= 11 is 0. The lowest BCUT2D eigenvalue weighted by atomic mass is 9.94. The number of nitrogens with two attached hydrogens (primary N) is 1. The van der Waals surface area contributed by atoms with Crippen molar-refractivity contribution in [3.8, 4) is 0 Å². The van der Waals surface area contributed by atoms with Crippen LogP contribution in [0, 0.1) is 0 Å². The Morgan fingerprint density at radius 2 is 2.00 bits per heavy atom. The van der Waals surface area contributed by atoms with Crippen LogP contribution >= 0.6 is 0 Å². The molecule has 0 spiro atoms. The van der Waals surface area contributed by atoms with E-state index in [-0.39, 0.29) is 11.4 Å². The monoisotopic (exact) mass is 255 g/mol. The molecular weight excluding hydrogens is 230 g/mol. The van der Waals surface area contributed by atoms with E-state index in [1.165, 1.54) is 12.8 Å². The van der Waals surface area contributed by atoms with Crippen LogP contribution in [0.1, 0.15) is 32.1 Å². The molecule has 0 radical (unpaired) electrons. The lowest BCUT2D eigenvalue weighted by molar-refractivity contribution is -0.127. The van der Waals surface area contributed by atoms with Gasteiger partial charge in [0.05, 0.1) is 6.61 Å². The molecule has 0 aromatic rings. The highest BCUT2D eigenvalue weighted by molar-refractivity contribution is 5.86. The number of ether oxygens (including phenoxy) is 1. The zero-order valence-electron chi connectivity index (χ0n) is 11.5. The van der Waals surface area contributed by atoms with Crippen molar-refractivity contribution in [1.29, 1.82) is 0 Å². The van der Waals surface area contributed by atoms with Crippen molar-refractivity contribution in [2.75, 3.05) is 33.9 Å². The highest BCUT2D eigenvalue weighted by Crippen LogP contribution is 2.33. The number of amides is 1. The van der Waals surface area contributed by atoms with Gasteiger partial charge in [-0.05, 0) is 33.4 Å². The van der Waals surface area contributed by atoms with Gasteiger partial charge >= 0.3 is 0 Å². The topological polar surface area (TPSA) is 67.6 Å². The summed E-state index contributed by atoms with van der Waals surface area (Å²) < 4.78 is 5.23. The molecule has 1 saturated carbocycles. The quantitative estimate of drug-likeness (QED) is 0.747. The minimum Gasteiger partial charge on any atom is -0.379 e. The van der Waals surface area contributed by atoms with E-state index in [1.807, 2.05) is 0 Å². The Bertz CT molecular complexity index is 305. The largest absolute Gasteiger partial charge is 0.379 e. The van der Waals surface area contributed by atoms with Gasteiger partial charge in [-0.15, -0.1) is 0 Å². The van der Waals surface area contributed by atoms with Crippen molar-refractivity contribution in [1.82, 2.24) is 10.2 Å². The third-order valence-electron chi connectivity index (χ3n) is 4.57. The first-order valence-electron chi connectivity index (χ1n) is 6.81. The van der Waals surface area contributed by atoms with Crippen LogP contribution in [0.4, 0.5) is 0 Å². The van der Waals surface area contributed by atoms with E-state index in [4.69, 9.17) is 10.5 Å². The third kappa shape index (κ3) is 2.53. The maximum Gasteiger partial charge on any atom is 0.242 e. The van der Waals surface area contributed by atoms with Crippen LogP contribution in [0.3, 0.4) is 0 Å². The van der Waals surface area contributed by atoms with Crippen molar-refractivity contribution >= 4 is 5.91 Å². The molecule has 0 aromatic heterocycles. The van der Waals surface area contributed by atoms with Gasteiger partial charge in [0.1, 0.15) is 5.54 Å². The van der Waals surface area contributed by atoms with Crippen molar-refractivity contribution in [2.45, 2.75) is 43.2 Å². The summed E-state index contributed by atoms with van der Waals surface area (Å²) in [4.78, 5) is 14.4. The van der Waals surface area contributed by atoms with E-state index in [0.29, 0.717) is 26.2 Å². The van der Waals surface area contributed by atoms with Crippen LogP contribution in [0.2, 0.25) is 0 Å². The van der Waals surface area contributed by atoms with Crippen LogP contribution in [-0.4, -0.2) is 55.7 Å². The van der Waals surface area contributed by atoms with Crippen LogP contribution in [-0.2, 0) is 9.53 Å². The second-order valence-electron chi connectivity index (χ2n) is 5.97. The lowest BCUT2D eigenvalue weighted by Crippen LogP contribution is -2.59. The molecule has 1 atom stereocenters. The van der Waals surface area contributed by atoms with Crippen molar-refractivity contribution < 1.29 is 9.53 Å². The van der Waals surface area contributed by atoms with Gasteiger partial charge in [-0.2, -0.15) is 0 Å². The van der Waals surface area contributed by atoms with Gasteiger partial charge in [-0.3, -0.25) is 4.79 Å². The fourth-order valence-corrected chi connectivity index (χ4v) is 3.00. The number of rotatable bonds is 4. The first kappa shape index (κ1) is 13.8. The Balaban J connectivity index is 1.92. The second-order valence-corrected chi connectivity index (χ2v) is 5.97. The summed E-state index contributed by atoms with van der Waals surface area (Å²) in [6.45, 7) is 1.62. The molecule has 1 aliphatic carbocycles. The molecule has 2 fully saturated rings. The van der Waals surface area contributed by atoms with E-state index < -0.39 is 5.54 Å². The molecule has 1 unspecified atom stereocenters. The molecule has 1 saturated heterocycles. The van der Waals surface area contributed by atoms with E-state index in [0.717, 1.165) is 12.8 Å². The Kier molecular flexibility index (Phi) is 3.94. The first-order chi connectivity index (χ1) is 8.49. The highest BCUT2D eigenvalue weighted by atomic mass is 16.5. The summed E-state index contributed by atoms with van der Waals surface area (Å²) in [5, 5.41) is 3.04. The molecule has 2 rings (SSSR count). The molecule has 0 bridgehead atoms. The maximum atomic E-state index is 12.2. The number of likely N-dealkylation sites (N-methyl/N-ethyl adjacent to an activating group) is 1. The van der Waals surface area contributed by atoms with Gasteiger partial charge in [0.15, 0.2) is 0 Å². The van der Waals surface area contributed by atoms with Crippen molar-refractivity contribution in [3.05, 3.63) is 0 Å². The van der Waals surface area contributed by atoms with Crippen molar-refractivity contribution in [3.63, 3.8) is 0 Å². The Morgan fingerprint density at radius 1 is 1.33 bits per heavy atom. The number of hydrogen-bond donors (Lipinski definition) is 2. The molecule has 104 valence electrons. The van der Waals surface area contributed by atoms with Crippen LogP contribution in [0.5, 0.6) is 0 Å². The summed E-state index contributed by atoms with van der Waals surface area (Å²) in [5.74, 6) is -0.0619. The molecule has 3 N–H and O–H groups in total. The predicted molar refractivity (Wildman–Crippen MR) is 70.3 cm³/mol. The fraction of sp³-hybridized carbons (Fsp3) is 0.923. The molecule has 1 heterocycles. The molecule has 5 heteroatoms. The second kappa shape index (κ2) is 5.15. The zero-order chi connectivity index (χ0) is 13.2. The fourth-order valence-electron chi connectivity index (χ4n) is 3.00. The third-order valence-corrected chi connectivity index (χ3v) is 4.57. The van der Waals surface area contributed by atoms with Gasteiger partial charge in [-0.25, -0.2) is 0 Å². The van der Waals surface area contributed by atoms with Gasteiger partial charge < -0.3 is 20.7 Å². The Hall–Kier alpha value is -0.650. The Morgan fingerprint density at radius 3 is 2.50 bits per heavy atom. The summed E-state index contributed by atoms with van der Waals surface area (Å²) in [7, 11) is 4.18. The van der Waals surface area contributed by atoms with Gasteiger partial charge in [0.2, 0.25) is 5.91 Å². The minimum absolute atomic E-state index is 0.0619. The Labute approximate surface area is 109 Å². The lowest BCUT2D eigenvalue weighted by Gasteiger charge is -2.37. The number of nitrogens with one attached hydrogen (secondary N) is 1. The maximum absolute atomic E-state index is 12.2. The smallest absolute Gasteiger partial charge is 0.242 e. The SMILES string of the molecule is CN(C)C1(CNC(=O)C2(N)CCOC2)CCCC1. The van der Waals surface area contributed by atoms with E-state index in [2.05, 4.69) is 24.3 Å². The highest BCUT2D eigenvalue weighted by Gasteiger charge is 2.41. The van der Waals surface area contributed by atoms with Gasteiger partial charge in [0, 0.05) is 18.7 Å².